The molecule has 0 amide bonds. The second kappa shape index (κ2) is 6.16. The molecule has 1 aromatic carbocycles. The summed E-state index contributed by atoms with van der Waals surface area (Å²) in [6, 6.07) is 7.65. The molecule has 0 heterocycles. The van der Waals surface area contributed by atoms with Crippen LogP contribution in [0.3, 0.4) is 0 Å². The van der Waals surface area contributed by atoms with Crippen molar-refractivity contribution < 1.29 is 9.53 Å². The zero-order chi connectivity index (χ0) is 12.0. The van der Waals surface area contributed by atoms with Gasteiger partial charge in [-0.1, -0.05) is 25.1 Å². The van der Waals surface area contributed by atoms with Gasteiger partial charge >= 0.3 is 5.97 Å². The van der Waals surface area contributed by atoms with Crippen molar-refractivity contribution in [2.75, 3.05) is 11.9 Å². The molecule has 0 saturated carbocycles. The minimum Gasteiger partial charge on any atom is -0.464 e. The monoisotopic (exact) mass is 221 g/mol. The Labute approximate surface area is 96.8 Å². The number of benzene rings is 1. The summed E-state index contributed by atoms with van der Waals surface area (Å²) in [7, 11) is 0. The summed E-state index contributed by atoms with van der Waals surface area (Å²) in [5.41, 5.74) is 2.12. The second-order valence-corrected chi connectivity index (χ2v) is 3.67. The molecular formula is C13H19NO2. The summed E-state index contributed by atoms with van der Waals surface area (Å²) in [4.78, 5) is 11.6. The summed E-state index contributed by atoms with van der Waals surface area (Å²) in [5.74, 6) is -0.187. The lowest BCUT2D eigenvalue weighted by Crippen LogP contribution is -2.30. The number of ether oxygens (including phenoxy) is 1. The molecule has 1 rings (SSSR count). The molecule has 0 aromatic heterocycles. The van der Waals surface area contributed by atoms with Gasteiger partial charge in [0.2, 0.25) is 0 Å². The number of hydrogen-bond acceptors (Lipinski definition) is 3. The molecule has 0 aliphatic heterocycles. The standard InChI is InChI=1S/C13H19NO2/c1-4-11(13(15)16-5-2)14-12-9-7-6-8-10(12)3/h6-9,11,14H,4-5H2,1-3H3. The van der Waals surface area contributed by atoms with Crippen molar-refractivity contribution in [2.24, 2.45) is 0 Å². The fraction of sp³-hybridized carbons (Fsp3) is 0.462. The van der Waals surface area contributed by atoms with Crippen molar-refractivity contribution in [1.29, 1.82) is 0 Å². The number of esters is 1. The number of carbonyl (C=O) groups excluding carboxylic acids is 1. The van der Waals surface area contributed by atoms with Gasteiger partial charge in [-0.25, -0.2) is 4.79 Å². The summed E-state index contributed by atoms with van der Waals surface area (Å²) in [6.45, 7) is 6.22. The third-order valence-corrected chi connectivity index (χ3v) is 2.45. The van der Waals surface area contributed by atoms with Gasteiger partial charge in [0.25, 0.3) is 0 Å². The van der Waals surface area contributed by atoms with Gasteiger partial charge in [-0.05, 0) is 31.9 Å². The van der Waals surface area contributed by atoms with E-state index in [1.165, 1.54) is 0 Å². The molecule has 0 fully saturated rings. The number of aryl methyl sites for hydroxylation is 1. The Hall–Kier alpha value is -1.51. The third kappa shape index (κ3) is 3.26. The maximum atomic E-state index is 11.6. The van der Waals surface area contributed by atoms with Gasteiger partial charge in [0.05, 0.1) is 6.61 Å². The molecule has 1 atom stereocenters. The highest BCUT2D eigenvalue weighted by atomic mass is 16.5. The van der Waals surface area contributed by atoms with Crippen LogP contribution in [0.15, 0.2) is 24.3 Å². The van der Waals surface area contributed by atoms with E-state index in [2.05, 4.69) is 5.32 Å². The van der Waals surface area contributed by atoms with E-state index in [0.717, 1.165) is 11.3 Å². The van der Waals surface area contributed by atoms with Crippen LogP contribution in [-0.2, 0) is 9.53 Å². The van der Waals surface area contributed by atoms with E-state index < -0.39 is 0 Å². The van der Waals surface area contributed by atoms with Crippen LogP contribution in [0, 0.1) is 6.92 Å². The molecule has 1 aromatic rings. The van der Waals surface area contributed by atoms with Crippen molar-refractivity contribution in [3.05, 3.63) is 29.8 Å². The SMILES string of the molecule is CCOC(=O)C(CC)Nc1ccccc1C. The van der Waals surface area contributed by atoms with Gasteiger partial charge in [-0.2, -0.15) is 0 Å². The zero-order valence-electron chi connectivity index (χ0n) is 10.1. The largest absolute Gasteiger partial charge is 0.464 e. The number of para-hydroxylation sites is 1. The van der Waals surface area contributed by atoms with Crippen molar-refractivity contribution in [1.82, 2.24) is 0 Å². The lowest BCUT2D eigenvalue weighted by molar-refractivity contribution is -0.144. The number of nitrogens with one attached hydrogen (secondary N) is 1. The van der Waals surface area contributed by atoms with Gasteiger partial charge in [0.1, 0.15) is 6.04 Å². The summed E-state index contributed by atoms with van der Waals surface area (Å²) in [5, 5.41) is 3.21. The first-order chi connectivity index (χ1) is 7.69. The Morgan fingerprint density at radius 1 is 1.38 bits per heavy atom. The van der Waals surface area contributed by atoms with E-state index in [0.29, 0.717) is 13.0 Å². The molecule has 0 spiro atoms. The van der Waals surface area contributed by atoms with Crippen LogP contribution in [0.1, 0.15) is 25.8 Å². The molecule has 0 saturated heterocycles. The molecule has 3 nitrogen and oxygen atoms in total. The van der Waals surface area contributed by atoms with Crippen LogP contribution < -0.4 is 5.32 Å². The minimum atomic E-state index is -0.263. The van der Waals surface area contributed by atoms with Gasteiger partial charge in [0, 0.05) is 5.69 Å². The first-order valence-corrected chi connectivity index (χ1v) is 5.67. The van der Waals surface area contributed by atoms with Crippen LogP contribution in [0.4, 0.5) is 5.69 Å². The van der Waals surface area contributed by atoms with Gasteiger partial charge in [-0.15, -0.1) is 0 Å². The molecule has 0 radical (unpaired) electrons. The molecule has 1 unspecified atom stereocenters. The topological polar surface area (TPSA) is 38.3 Å². The van der Waals surface area contributed by atoms with Crippen molar-refractivity contribution >= 4 is 11.7 Å². The Morgan fingerprint density at radius 3 is 2.62 bits per heavy atom. The molecule has 1 N–H and O–H groups in total. The summed E-state index contributed by atoms with van der Waals surface area (Å²) >= 11 is 0. The lowest BCUT2D eigenvalue weighted by atomic mass is 10.1. The average molecular weight is 221 g/mol. The number of carbonyl (C=O) groups is 1. The van der Waals surface area contributed by atoms with Crippen LogP contribution in [0.5, 0.6) is 0 Å². The van der Waals surface area contributed by atoms with E-state index in [1.54, 1.807) is 0 Å². The van der Waals surface area contributed by atoms with E-state index in [9.17, 15) is 4.79 Å². The van der Waals surface area contributed by atoms with Gasteiger partial charge in [0.15, 0.2) is 0 Å². The maximum absolute atomic E-state index is 11.6. The predicted molar refractivity (Wildman–Crippen MR) is 65.5 cm³/mol. The van der Waals surface area contributed by atoms with E-state index >= 15 is 0 Å². The highest BCUT2D eigenvalue weighted by Gasteiger charge is 2.17. The van der Waals surface area contributed by atoms with Crippen LogP contribution >= 0.6 is 0 Å². The van der Waals surface area contributed by atoms with Crippen molar-refractivity contribution in [3.63, 3.8) is 0 Å². The average Bonchev–Trinajstić information content (AvgIpc) is 2.28. The molecule has 88 valence electrons. The first kappa shape index (κ1) is 12.6. The zero-order valence-corrected chi connectivity index (χ0v) is 10.1. The molecular weight excluding hydrogens is 202 g/mol. The molecule has 0 aliphatic carbocycles. The van der Waals surface area contributed by atoms with Crippen LogP contribution in [0.2, 0.25) is 0 Å². The van der Waals surface area contributed by atoms with Crippen molar-refractivity contribution in [3.8, 4) is 0 Å². The quantitative estimate of drug-likeness (QED) is 0.777. The smallest absolute Gasteiger partial charge is 0.328 e. The highest BCUT2D eigenvalue weighted by Crippen LogP contribution is 2.15. The molecule has 0 bridgehead atoms. The second-order valence-electron chi connectivity index (χ2n) is 3.67. The number of rotatable bonds is 5. The Morgan fingerprint density at radius 2 is 2.06 bits per heavy atom. The maximum Gasteiger partial charge on any atom is 0.328 e. The Balaban J connectivity index is 2.70. The first-order valence-electron chi connectivity index (χ1n) is 5.67. The van der Waals surface area contributed by atoms with Gasteiger partial charge in [-0.3, -0.25) is 0 Å². The fourth-order valence-corrected chi connectivity index (χ4v) is 1.49. The Kier molecular flexibility index (Phi) is 4.83. The minimum absolute atomic E-state index is 0.187. The lowest BCUT2D eigenvalue weighted by Gasteiger charge is -2.17. The van der Waals surface area contributed by atoms with Crippen molar-refractivity contribution in [2.45, 2.75) is 33.2 Å². The van der Waals surface area contributed by atoms with E-state index in [-0.39, 0.29) is 12.0 Å². The summed E-state index contributed by atoms with van der Waals surface area (Å²) in [6.07, 6.45) is 0.715. The third-order valence-electron chi connectivity index (χ3n) is 2.45. The molecule has 3 heteroatoms. The van der Waals surface area contributed by atoms with Gasteiger partial charge < -0.3 is 10.1 Å². The van der Waals surface area contributed by atoms with Crippen LogP contribution in [-0.4, -0.2) is 18.6 Å². The summed E-state index contributed by atoms with van der Waals surface area (Å²) < 4.78 is 5.01. The predicted octanol–water partition coefficient (Wildman–Crippen LogP) is 2.75. The molecule has 0 aliphatic rings. The molecule has 16 heavy (non-hydrogen) atoms. The van der Waals surface area contributed by atoms with Crippen LogP contribution in [0.25, 0.3) is 0 Å². The fourth-order valence-electron chi connectivity index (χ4n) is 1.49. The Bertz CT molecular complexity index is 350. The number of hydrogen-bond donors (Lipinski definition) is 1. The number of anilines is 1. The van der Waals surface area contributed by atoms with E-state index in [1.807, 2.05) is 45.0 Å². The van der Waals surface area contributed by atoms with E-state index in [4.69, 9.17) is 4.74 Å². The normalized spacial score (nSPS) is 11.9. The highest BCUT2D eigenvalue weighted by molar-refractivity contribution is 5.79.